The Kier molecular flexibility index (Phi) is 4.69. The van der Waals surface area contributed by atoms with E-state index in [1.807, 2.05) is 13.0 Å². The maximum atomic E-state index is 11.8. The van der Waals surface area contributed by atoms with E-state index in [0.29, 0.717) is 16.4 Å². The molecule has 0 aliphatic heterocycles. The molecule has 2 rings (SSSR count). The largest absolute Gasteiger partial charge is 0.325 e. The van der Waals surface area contributed by atoms with Crippen LogP contribution in [0.1, 0.15) is 11.3 Å². The van der Waals surface area contributed by atoms with Crippen molar-refractivity contribution in [2.45, 2.75) is 12.1 Å². The fourth-order valence-electron chi connectivity index (χ4n) is 1.45. The van der Waals surface area contributed by atoms with Crippen LogP contribution in [0.2, 0.25) is 0 Å². The number of amides is 1. The zero-order valence-electron chi connectivity index (χ0n) is 10.8. The summed E-state index contributed by atoms with van der Waals surface area (Å²) in [5.41, 5.74) is 2.10. The molecule has 0 aliphatic carbocycles. The molecule has 0 fully saturated rings. The number of nitrogens with zero attached hydrogens (tertiary/aromatic N) is 3. The highest BCUT2D eigenvalue weighted by molar-refractivity contribution is 7.99. The summed E-state index contributed by atoms with van der Waals surface area (Å²) in [4.78, 5) is 20.1. The Morgan fingerprint density at radius 2 is 2.10 bits per heavy atom. The smallest absolute Gasteiger partial charge is 0.234 e. The third kappa shape index (κ3) is 4.07. The van der Waals surface area contributed by atoms with Gasteiger partial charge in [-0.05, 0) is 37.3 Å². The van der Waals surface area contributed by atoms with E-state index in [9.17, 15) is 4.79 Å². The van der Waals surface area contributed by atoms with E-state index in [1.165, 1.54) is 11.8 Å². The maximum Gasteiger partial charge on any atom is 0.234 e. The minimum Gasteiger partial charge on any atom is -0.325 e. The first-order valence-electron chi connectivity index (χ1n) is 5.90. The Bertz CT molecular complexity index is 649. The lowest BCUT2D eigenvalue weighted by Crippen LogP contribution is -2.14. The highest BCUT2D eigenvalue weighted by Gasteiger charge is 2.05. The molecule has 20 heavy (non-hydrogen) atoms. The summed E-state index contributed by atoms with van der Waals surface area (Å²) in [6.07, 6.45) is 1.67. The monoisotopic (exact) mass is 284 g/mol. The first-order chi connectivity index (χ1) is 9.67. The SMILES string of the molecule is Cc1ccnc(SCC(=O)Nc2ccc(C#N)cc2)n1. The number of rotatable bonds is 4. The Morgan fingerprint density at radius 3 is 2.75 bits per heavy atom. The van der Waals surface area contributed by atoms with Gasteiger partial charge in [-0.25, -0.2) is 9.97 Å². The Labute approximate surface area is 121 Å². The number of nitriles is 1. The molecule has 0 saturated carbocycles. The summed E-state index contributed by atoms with van der Waals surface area (Å²) in [6.45, 7) is 1.88. The number of thioether (sulfide) groups is 1. The molecule has 0 spiro atoms. The first kappa shape index (κ1) is 14.0. The minimum absolute atomic E-state index is 0.134. The molecule has 1 N–H and O–H groups in total. The number of aromatic nitrogens is 2. The number of hydrogen-bond donors (Lipinski definition) is 1. The lowest BCUT2D eigenvalue weighted by molar-refractivity contribution is -0.113. The normalized spacial score (nSPS) is 9.80. The fraction of sp³-hybridized carbons (Fsp3) is 0.143. The van der Waals surface area contributed by atoms with E-state index in [0.717, 1.165) is 5.69 Å². The third-order valence-electron chi connectivity index (χ3n) is 2.40. The number of benzene rings is 1. The summed E-state index contributed by atoms with van der Waals surface area (Å²) < 4.78 is 0. The molecule has 0 unspecified atom stereocenters. The summed E-state index contributed by atoms with van der Waals surface area (Å²) in [5.74, 6) is 0.105. The van der Waals surface area contributed by atoms with Crippen molar-refractivity contribution in [3.05, 3.63) is 47.8 Å². The van der Waals surface area contributed by atoms with E-state index in [1.54, 1.807) is 36.5 Å². The van der Waals surface area contributed by atoms with E-state index < -0.39 is 0 Å². The van der Waals surface area contributed by atoms with Crippen molar-refractivity contribution in [1.82, 2.24) is 9.97 Å². The molecule has 0 atom stereocenters. The number of carbonyl (C=O) groups is 1. The number of aryl methyl sites for hydroxylation is 1. The fourth-order valence-corrected chi connectivity index (χ4v) is 2.13. The van der Waals surface area contributed by atoms with Crippen LogP contribution < -0.4 is 5.32 Å². The second kappa shape index (κ2) is 6.68. The third-order valence-corrected chi connectivity index (χ3v) is 3.26. The summed E-state index contributed by atoms with van der Waals surface area (Å²) in [6, 6.07) is 10.5. The quantitative estimate of drug-likeness (QED) is 0.689. The Hall–Kier alpha value is -2.39. The molecule has 0 bridgehead atoms. The van der Waals surface area contributed by atoms with Gasteiger partial charge >= 0.3 is 0 Å². The maximum absolute atomic E-state index is 11.8. The molecule has 0 saturated heterocycles. The average Bonchev–Trinajstić information content (AvgIpc) is 2.46. The molecule has 6 heteroatoms. The highest BCUT2D eigenvalue weighted by atomic mass is 32.2. The molecule has 5 nitrogen and oxygen atoms in total. The van der Waals surface area contributed by atoms with Crippen LogP contribution in [0.15, 0.2) is 41.7 Å². The molecule has 1 amide bonds. The van der Waals surface area contributed by atoms with Gasteiger partial charge in [-0.2, -0.15) is 5.26 Å². The van der Waals surface area contributed by atoms with Crippen LogP contribution in [0.3, 0.4) is 0 Å². The average molecular weight is 284 g/mol. The molecule has 100 valence electrons. The number of anilines is 1. The van der Waals surface area contributed by atoms with Crippen molar-refractivity contribution >= 4 is 23.4 Å². The van der Waals surface area contributed by atoms with Crippen LogP contribution in [0.5, 0.6) is 0 Å². The van der Waals surface area contributed by atoms with Crippen LogP contribution in [0.4, 0.5) is 5.69 Å². The standard InChI is InChI=1S/C14H12N4OS/c1-10-6-7-16-14(17-10)20-9-13(19)18-12-4-2-11(8-15)3-5-12/h2-7H,9H2,1H3,(H,18,19). The predicted molar refractivity (Wildman–Crippen MR) is 77.3 cm³/mol. The summed E-state index contributed by atoms with van der Waals surface area (Å²) in [5, 5.41) is 12.0. The van der Waals surface area contributed by atoms with Gasteiger partial charge in [0, 0.05) is 17.6 Å². The van der Waals surface area contributed by atoms with E-state index >= 15 is 0 Å². The zero-order chi connectivity index (χ0) is 14.4. The van der Waals surface area contributed by atoms with Crippen molar-refractivity contribution in [3.8, 4) is 6.07 Å². The van der Waals surface area contributed by atoms with Crippen molar-refractivity contribution in [2.24, 2.45) is 0 Å². The van der Waals surface area contributed by atoms with E-state index in [2.05, 4.69) is 15.3 Å². The lowest BCUT2D eigenvalue weighted by Gasteiger charge is -2.04. The van der Waals surface area contributed by atoms with Crippen LogP contribution in [0.25, 0.3) is 0 Å². The topological polar surface area (TPSA) is 78.7 Å². The van der Waals surface area contributed by atoms with Crippen molar-refractivity contribution < 1.29 is 4.79 Å². The van der Waals surface area contributed by atoms with Gasteiger partial charge in [0.1, 0.15) is 0 Å². The van der Waals surface area contributed by atoms with Gasteiger partial charge in [0.15, 0.2) is 5.16 Å². The van der Waals surface area contributed by atoms with Gasteiger partial charge in [-0.3, -0.25) is 4.79 Å². The second-order valence-electron chi connectivity index (χ2n) is 4.01. The first-order valence-corrected chi connectivity index (χ1v) is 6.88. The lowest BCUT2D eigenvalue weighted by atomic mass is 10.2. The minimum atomic E-state index is -0.134. The van der Waals surface area contributed by atoms with Gasteiger partial charge < -0.3 is 5.32 Å². The number of hydrogen-bond acceptors (Lipinski definition) is 5. The van der Waals surface area contributed by atoms with Crippen LogP contribution in [-0.4, -0.2) is 21.6 Å². The molecular formula is C14H12N4OS. The van der Waals surface area contributed by atoms with Gasteiger partial charge in [0.2, 0.25) is 5.91 Å². The molecule has 1 aromatic heterocycles. The summed E-state index contributed by atoms with van der Waals surface area (Å²) >= 11 is 1.28. The highest BCUT2D eigenvalue weighted by Crippen LogP contribution is 2.14. The predicted octanol–water partition coefficient (Wildman–Crippen LogP) is 2.39. The van der Waals surface area contributed by atoms with E-state index in [4.69, 9.17) is 5.26 Å². The number of nitrogens with one attached hydrogen (secondary N) is 1. The van der Waals surface area contributed by atoms with Gasteiger partial charge in [0.05, 0.1) is 17.4 Å². The number of carbonyl (C=O) groups excluding carboxylic acids is 1. The molecular weight excluding hydrogens is 272 g/mol. The van der Waals surface area contributed by atoms with Gasteiger partial charge in [0.25, 0.3) is 0 Å². The van der Waals surface area contributed by atoms with Crippen LogP contribution in [-0.2, 0) is 4.79 Å². The Balaban J connectivity index is 1.87. The molecule has 1 aromatic carbocycles. The molecule has 0 aliphatic rings. The zero-order valence-corrected chi connectivity index (χ0v) is 11.6. The van der Waals surface area contributed by atoms with Crippen LogP contribution >= 0.6 is 11.8 Å². The second-order valence-corrected chi connectivity index (χ2v) is 4.95. The van der Waals surface area contributed by atoms with Crippen molar-refractivity contribution in [2.75, 3.05) is 11.1 Å². The van der Waals surface area contributed by atoms with E-state index in [-0.39, 0.29) is 11.7 Å². The van der Waals surface area contributed by atoms with Gasteiger partial charge in [-0.1, -0.05) is 11.8 Å². The molecule has 0 radical (unpaired) electrons. The Morgan fingerprint density at radius 1 is 1.35 bits per heavy atom. The van der Waals surface area contributed by atoms with Crippen molar-refractivity contribution in [1.29, 1.82) is 5.26 Å². The molecule has 1 heterocycles. The van der Waals surface area contributed by atoms with Crippen LogP contribution in [0, 0.1) is 18.3 Å². The van der Waals surface area contributed by atoms with Gasteiger partial charge in [-0.15, -0.1) is 0 Å². The van der Waals surface area contributed by atoms with Crippen molar-refractivity contribution in [3.63, 3.8) is 0 Å². The summed E-state index contributed by atoms with van der Waals surface area (Å²) in [7, 11) is 0. The molecule has 2 aromatic rings.